The Balaban J connectivity index is 0.000000281. The molecule has 11 heavy (non-hydrogen) atoms. The van der Waals surface area contributed by atoms with Gasteiger partial charge < -0.3 is 0 Å². The van der Waals surface area contributed by atoms with E-state index in [1.54, 1.807) is 11.3 Å². The topological polar surface area (TPSA) is 12.9 Å². The van der Waals surface area contributed by atoms with Crippen LogP contribution in [0.25, 0.3) is 10.2 Å². The predicted octanol–water partition coefficient (Wildman–Crippen LogP) is 3.10. The molecule has 0 radical (unpaired) electrons. The van der Waals surface area contributed by atoms with Crippen molar-refractivity contribution in [1.82, 2.24) is 4.98 Å². The number of hydrogen-bond donors (Lipinski definition) is 0. The van der Waals surface area contributed by atoms with Crippen molar-refractivity contribution < 1.29 is 0 Å². The molecule has 0 N–H and O–H groups in total. The molecule has 0 saturated carbocycles. The second-order valence-electron chi connectivity index (χ2n) is 1.81. The summed E-state index contributed by atoms with van der Waals surface area (Å²) in [7, 11) is 0. The number of fused-ring (bicyclic) bond motifs is 1. The fourth-order valence-corrected chi connectivity index (χ4v) is 1.54. The maximum absolute atomic E-state index is 4.15. The van der Waals surface area contributed by atoms with E-state index in [1.807, 2.05) is 18.3 Å². The molecule has 2 heterocycles. The minimum absolute atomic E-state index is 1.10. The van der Waals surface area contributed by atoms with Crippen molar-refractivity contribution in [2.24, 2.45) is 0 Å². The molecule has 0 spiro atoms. The Morgan fingerprint density at radius 1 is 1.27 bits per heavy atom. The lowest BCUT2D eigenvalue weighted by atomic mass is 10.4. The highest BCUT2D eigenvalue weighted by Gasteiger charge is 1.89. The number of pyridine rings is 1. The van der Waals surface area contributed by atoms with Crippen molar-refractivity contribution >= 4 is 21.6 Å². The third-order valence-corrected chi connectivity index (χ3v) is 2.09. The van der Waals surface area contributed by atoms with Gasteiger partial charge in [-0.05, 0) is 23.6 Å². The lowest BCUT2D eigenvalue weighted by molar-refractivity contribution is 1.43. The van der Waals surface area contributed by atoms with E-state index < -0.39 is 0 Å². The summed E-state index contributed by atoms with van der Waals surface area (Å²) in [5, 5.41) is 2.05. The van der Waals surface area contributed by atoms with E-state index in [4.69, 9.17) is 0 Å². The summed E-state index contributed by atoms with van der Waals surface area (Å²) in [5.41, 5.74) is 1.10. The van der Waals surface area contributed by atoms with Gasteiger partial charge in [-0.25, -0.2) is 0 Å². The monoisotopic (exact) mass is 163 g/mol. The van der Waals surface area contributed by atoms with Crippen molar-refractivity contribution in [1.29, 1.82) is 0 Å². The second kappa shape index (κ2) is 3.88. The van der Waals surface area contributed by atoms with Crippen molar-refractivity contribution in [2.45, 2.75) is 0 Å². The maximum Gasteiger partial charge on any atom is 0.0809 e. The van der Waals surface area contributed by atoms with Crippen LogP contribution in [0.2, 0.25) is 0 Å². The number of hydrogen-bond acceptors (Lipinski definition) is 2. The largest absolute Gasteiger partial charge is 0.255 e. The Hall–Kier alpha value is -1.15. The van der Waals surface area contributed by atoms with Crippen molar-refractivity contribution in [3.05, 3.63) is 42.9 Å². The fraction of sp³-hybridized carbons (Fsp3) is 0. The van der Waals surface area contributed by atoms with E-state index in [0.29, 0.717) is 0 Å². The van der Waals surface area contributed by atoms with Crippen LogP contribution in [0.3, 0.4) is 0 Å². The molecule has 0 bridgehead atoms. The molecule has 2 aromatic rings. The lowest BCUT2D eigenvalue weighted by Gasteiger charge is -1.81. The molecule has 56 valence electrons. The normalized spacial score (nSPS) is 8.73. The molecule has 0 aliphatic heterocycles. The van der Waals surface area contributed by atoms with E-state index in [2.05, 4.69) is 29.6 Å². The van der Waals surface area contributed by atoms with Crippen molar-refractivity contribution in [2.75, 3.05) is 0 Å². The van der Waals surface area contributed by atoms with Gasteiger partial charge in [0.2, 0.25) is 0 Å². The molecule has 0 aromatic carbocycles. The zero-order valence-corrected chi connectivity index (χ0v) is 6.97. The Morgan fingerprint density at radius 2 is 2.09 bits per heavy atom. The smallest absolute Gasteiger partial charge is 0.0809 e. The quantitative estimate of drug-likeness (QED) is 0.544. The maximum atomic E-state index is 4.15. The van der Waals surface area contributed by atoms with Gasteiger partial charge in [0.05, 0.1) is 10.2 Å². The van der Waals surface area contributed by atoms with Gasteiger partial charge in [0.1, 0.15) is 0 Å². The second-order valence-corrected chi connectivity index (χ2v) is 2.76. The fourth-order valence-electron chi connectivity index (χ4n) is 0.799. The van der Waals surface area contributed by atoms with Crippen LogP contribution in [0.15, 0.2) is 42.9 Å². The van der Waals surface area contributed by atoms with Crippen LogP contribution in [-0.4, -0.2) is 4.98 Å². The van der Waals surface area contributed by atoms with Gasteiger partial charge in [0.15, 0.2) is 0 Å². The van der Waals surface area contributed by atoms with Crippen LogP contribution in [0.4, 0.5) is 0 Å². The van der Waals surface area contributed by atoms with E-state index in [1.165, 1.54) is 4.70 Å². The first kappa shape index (κ1) is 7.95. The minimum Gasteiger partial charge on any atom is -0.255 e. The van der Waals surface area contributed by atoms with Gasteiger partial charge in [0, 0.05) is 6.20 Å². The third kappa shape index (κ3) is 1.65. The van der Waals surface area contributed by atoms with Gasteiger partial charge in [-0.2, -0.15) is 0 Å². The van der Waals surface area contributed by atoms with Crippen LogP contribution >= 0.6 is 11.3 Å². The van der Waals surface area contributed by atoms with E-state index in [0.717, 1.165) is 5.52 Å². The summed E-state index contributed by atoms with van der Waals surface area (Å²) in [5.74, 6) is 0. The highest BCUT2D eigenvalue weighted by atomic mass is 32.1. The molecule has 0 aliphatic carbocycles. The Labute approximate surface area is 70.0 Å². The van der Waals surface area contributed by atoms with E-state index >= 15 is 0 Å². The molecule has 0 aliphatic rings. The molecular formula is C9H9NS. The molecule has 0 fully saturated rings. The standard InChI is InChI=1S/C7H5NS.C2H4/c1-2-7-6(8-4-1)3-5-9-7;1-2/h1-5H;1-2H2. The Bertz CT molecular complexity index is 297. The molecule has 0 saturated heterocycles. The van der Waals surface area contributed by atoms with Gasteiger partial charge in [-0.3, -0.25) is 4.98 Å². The van der Waals surface area contributed by atoms with Crippen molar-refractivity contribution in [3.63, 3.8) is 0 Å². The molecular weight excluding hydrogens is 154 g/mol. The van der Waals surface area contributed by atoms with Gasteiger partial charge in [0.25, 0.3) is 0 Å². The summed E-state index contributed by atoms with van der Waals surface area (Å²) in [6, 6.07) is 6.06. The van der Waals surface area contributed by atoms with Crippen LogP contribution < -0.4 is 0 Å². The Morgan fingerprint density at radius 3 is 2.82 bits per heavy atom. The third-order valence-electron chi connectivity index (χ3n) is 1.22. The Kier molecular flexibility index (Phi) is 2.81. The molecule has 2 rings (SSSR count). The zero-order valence-electron chi connectivity index (χ0n) is 6.16. The zero-order chi connectivity index (χ0) is 8.10. The van der Waals surface area contributed by atoms with Crippen LogP contribution in [0, 0.1) is 0 Å². The van der Waals surface area contributed by atoms with Crippen molar-refractivity contribution in [3.8, 4) is 0 Å². The average molecular weight is 163 g/mol. The average Bonchev–Trinajstić information content (AvgIpc) is 2.55. The number of rotatable bonds is 0. The SMILES string of the molecule is C=C.c1cnc2ccsc2c1. The van der Waals surface area contributed by atoms with Crippen LogP contribution in [0.5, 0.6) is 0 Å². The van der Waals surface area contributed by atoms with E-state index in [9.17, 15) is 0 Å². The summed E-state index contributed by atoms with van der Waals surface area (Å²) < 4.78 is 1.26. The van der Waals surface area contributed by atoms with Gasteiger partial charge in [-0.15, -0.1) is 24.5 Å². The lowest BCUT2D eigenvalue weighted by Crippen LogP contribution is -1.65. The first-order valence-electron chi connectivity index (χ1n) is 3.25. The first-order valence-corrected chi connectivity index (χ1v) is 4.13. The first-order chi connectivity index (χ1) is 5.47. The van der Waals surface area contributed by atoms with Crippen LogP contribution in [0.1, 0.15) is 0 Å². The molecule has 2 heteroatoms. The number of aromatic nitrogens is 1. The predicted molar refractivity (Wildman–Crippen MR) is 50.9 cm³/mol. The molecule has 1 nitrogen and oxygen atoms in total. The molecule has 0 atom stereocenters. The molecule has 2 aromatic heterocycles. The summed E-state index contributed by atoms with van der Waals surface area (Å²) in [6.07, 6.45) is 1.81. The summed E-state index contributed by atoms with van der Waals surface area (Å²) >= 11 is 1.72. The summed E-state index contributed by atoms with van der Waals surface area (Å²) in [6.45, 7) is 6.00. The summed E-state index contributed by atoms with van der Waals surface area (Å²) in [4.78, 5) is 4.15. The minimum atomic E-state index is 1.10. The highest BCUT2D eigenvalue weighted by molar-refractivity contribution is 7.17. The van der Waals surface area contributed by atoms with Crippen LogP contribution in [-0.2, 0) is 0 Å². The molecule has 0 unspecified atom stereocenters. The highest BCUT2D eigenvalue weighted by Crippen LogP contribution is 2.16. The number of nitrogens with zero attached hydrogens (tertiary/aromatic N) is 1. The van der Waals surface area contributed by atoms with E-state index in [-0.39, 0.29) is 0 Å². The molecule has 0 amide bonds. The number of thiophene rings is 1. The van der Waals surface area contributed by atoms with Gasteiger partial charge >= 0.3 is 0 Å². The van der Waals surface area contributed by atoms with Gasteiger partial charge in [-0.1, -0.05) is 0 Å².